The maximum Gasteiger partial charge on any atom is 0.0643 e. The molecule has 0 saturated carbocycles. The summed E-state index contributed by atoms with van der Waals surface area (Å²) in [4.78, 5) is 0. The van der Waals surface area contributed by atoms with Crippen LogP contribution in [0.25, 0.3) is 55.8 Å². The van der Waals surface area contributed by atoms with Gasteiger partial charge in [-0.1, -0.05) is 134 Å². The zero-order valence-corrected chi connectivity index (χ0v) is 29.0. The fourth-order valence-corrected chi connectivity index (χ4v) is 9.06. The van der Waals surface area contributed by atoms with Crippen molar-refractivity contribution in [2.45, 2.75) is 44.6 Å². The Hall–Kier alpha value is -5.86. The lowest BCUT2D eigenvalue weighted by molar-refractivity contribution is 0.438. The minimum absolute atomic E-state index is 0.191. The van der Waals surface area contributed by atoms with Gasteiger partial charge >= 0.3 is 0 Å². The number of hydrogen-bond donors (Lipinski definition) is 0. The van der Waals surface area contributed by atoms with Gasteiger partial charge in [-0.3, -0.25) is 0 Å². The van der Waals surface area contributed by atoms with Crippen LogP contribution in [0, 0.1) is 0 Å². The van der Waals surface area contributed by atoms with Gasteiger partial charge in [0.15, 0.2) is 0 Å². The molecule has 2 heteroatoms. The summed E-state index contributed by atoms with van der Waals surface area (Å²) in [6.45, 7) is 2.39. The van der Waals surface area contributed by atoms with Gasteiger partial charge < -0.3 is 9.13 Å². The Labute approximate surface area is 300 Å². The van der Waals surface area contributed by atoms with Gasteiger partial charge in [-0.25, -0.2) is 0 Å². The first-order valence-electron chi connectivity index (χ1n) is 18.5. The lowest BCUT2D eigenvalue weighted by atomic mass is 9.84. The molecule has 0 fully saturated rings. The molecule has 0 amide bonds. The van der Waals surface area contributed by atoms with Gasteiger partial charge in [0, 0.05) is 38.9 Å². The largest absolute Gasteiger partial charge is 0.331 e. The van der Waals surface area contributed by atoms with E-state index < -0.39 is 0 Å². The standard InChI is InChI=1S/C49H40N2/c1-49(32-30-37(31-33-49)35-16-6-3-7-17-35)51-44-23-11-9-19-42(44)48-40(21-13-25-46(48)51)39-20-12-24-45-47(39)41-18-8-10-22-43(41)50(45)38-28-26-36(27-29-38)34-14-4-2-5-15-34/h2-7,9-11,13-17,19-23,25-32H,8,12,18,24,33H2,1H3. The van der Waals surface area contributed by atoms with Gasteiger partial charge in [0.25, 0.3) is 0 Å². The van der Waals surface area contributed by atoms with Crippen LogP contribution in [-0.4, -0.2) is 9.13 Å². The third-order valence-electron chi connectivity index (χ3n) is 11.4. The van der Waals surface area contributed by atoms with Crippen LogP contribution < -0.4 is 0 Å². The van der Waals surface area contributed by atoms with Crippen LogP contribution in [0.15, 0.2) is 158 Å². The predicted octanol–water partition coefficient (Wildman–Crippen LogP) is 12.3. The number of hydrogen-bond acceptors (Lipinski definition) is 0. The second-order valence-electron chi connectivity index (χ2n) is 14.5. The van der Waals surface area contributed by atoms with E-state index in [1.54, 1.807) is 0 Å². The first kappa shape index (κ1) is 30.0. The molecule has 3 aliphatic carbocycles. The highest BCUT2D eigenvalue weighted by Gasteiger charge is 2.32. The van der Waals surface area contributed by atoms with Crippen molar-refractivity contribution in [1.82, 2.24) is 9.13 Å². The van der Waals surface area contributed by atoms with E-state index in [0.717, 1.165) is 32.1 Å². The normalized spacial score (nSPS) is 18.1. The molecule has 51 heavy (non-hydrogen) atoms. The van der Waals surface area contributed by atoms with Crippen molar-refractivity contribution in [1.29, 1.82) is 0 Å². The van der Waals surface area contributed by atoms with Crippen LogP contribution in [0.2, 0.25) is 0 Å². The maximum absolute atomic E-state index is 2.61. The SMILES string of the molecule is CC1(n2c3ccccc3c3c(C4=CCCc5c4c4c(n5-c5ccc(-c6ccccc6)cc5)C=CCC4)cccc32)C=CC(c2ccccc2)=CC1. The maximum atomic E-state index is 2.61. The zero-order chi connectivity index (χ0) is 33.9. The van der Waals surface area contributed by atoms with Crippen molar-refractivity contribution >= 4 is 39.0 Å². The Morgan fingerprint density at radius 1 is 0.608 bits per heavy atom. The molecule has 5 aromatic carbocycles. The van der Waals surface area contributed by atoms with Crippen LogP contribution in [0.4, 0.5) is 0 Å². The minimum Gasteiger partial charge on any atom is -0.331 e. The number of para-hydroxylation sites is 1. The highest BCUT2D eigenvalue weighted by molar-refractivity contribution is 6.14. The molecule has 0 saturated heterocycles. The molecule has 246 valence electrons. The number of rotatable bonds is 5. The van der Waals surface area contributed by atoms with Crippen LogP contribution in [0.5, 0.6) is 0 Å². The Balaban J connectivity index is 1.12. The molecule has 1 unspecified atom stereocenters. The molecule has 2 aromatic heterocycles. The van der Waals surface area contributed by atoms with E-state index >= 15 is 0 Å². The molecule has 0 spiro atoms. The number of benzene rings is 5. The van der Waals surface area contributed by atoms with Crippen molar-refractivity contribution in [3.63, 3.8) is 0 Å². The summed E-state index contributed by atoms with van der Waals surface area (Å²) in [5, 5.41) is 2.69. The molecule has 7 aromatic rings. The third-order valence-corrected chi connectivity index (χ3v) is 11.4. The van der Waals surface area contributed by atoms with Crippen molar-refractivity contribution in [2.24, 2.45) is 0 Å². The number of aromatic nitrogens is 2. The summed E-state index contributed by atoms with van der Waals surface area (Å²) in [6.07, 6.45) is 19.6. The van der Waals surface area contributed by atoms with Crippen molar-refractivity contribution in [3.8, 4) is 16.8 Å². The van der Waals surface area contributed by atoms with Gasteiger partial charge in [0.05, 0.1) is 11.1 Å². The van der Waals surface area contributed by atoms with Crippen molar-refractivity contribution in [3.05, 3.63) is 191 Å². The number of nitrogens with zero attached hydrogens (tertiary/aromatic N) is 2. The van der Waals surface area contributed by atoms with Crippen LogP contribution in [0.3, 0.4) is 0 Å². The second kappa shape index (κ2) is 11.9. The van der Waals surface area contributed by atoms with E-state index in [4.69, 9.17) is 0 Å². The molecule has 0 radical (unpaired) electrons. The highest BCUT2D eigenvalue weighted by Crippen LogP contribution is 2.47. The van der Waals surface area contributed by atoms with Crippen molar-refractivity contribution < 1.29 is 0 Å². The topological polar surface area (TPSA) is 9.86 Å². The van der Waals surface area contributed by atoms with E-state index in [9.17, 15) is 0 Å². The molecule has 3 aliphatic rings. The van der Waals surface area contributed by atoms with Gasteiger partial charge in [-0.15, -0.1) is 0 Å². The van der Waals surface area contributed by atoms with Crippen LogP contribution >= 0.6 is 0 Å². The monoisotopic (exact) mass is 656 g/mol. The fraction of sp³-hybridized carbons (Fsp3) is 0.143. The van der Waals surface area contributed by atoms with E-state index in [2.05, 4.69) is 180 Å². The van der Waals surface area contributed by atoms with Crippen molar-refractivity contribution in [2.75, 3.05) is 0 Å². The summed E-state index contributed by atoms with van der Waals surface area (Å²) in [6, 6.07) is 46.7. The van der Waals surface area contributed by atoms with Gasteiger partial charge in [0.1, 0.15) is 0 Å². The summed E-state index contributed by atoms with van der Waals surface area (Å²) in [5.41, 5.74) is 17.2. The minimum atomic E-state index is -0.191. The highest BCUT2D eigenvalue weighted by atomic mass is 15.1. The predicted molar refractivity (Wildman–Crippen MR) is 215 cm³/mol. The van der Waals surface area contributed by atoms with E-state index in [0.29, 0.717) is 0 Å². The first-order chi connectivity index (χ1) is 25.2. The summed E-state index contributed by atoms with van der Waals surface area (Å²) >= 11 is 0. The summed E-state index contributed by atoms with van der Waals surface area (Å²) < 4.78 is 5.17. The number of allylic oxidation sites excluding steroid dienone is 6. The Morgan fingerprint density at radius 2 is 1.33 bits per heavy atom. The van der Waals surface area contributed by atoms with E-state index in [1.165, 1.54) is 83.4 Å². The molecule has 0 N–H and O–H groups in total. The molecule has 0 bridgehead atoms. The molecular formula is C49H40N2. The summed E-state index contributed by atoms with van der Waals surface area (Å²) in [5.74, 6) is 0. The molecule has 2 nitrogen and oxygen atoms in total. The average molecular weight is 657 g/mol. The zero-order valence-electron chi connectivity index (χ0n) is 29.0. The third kappa shape index (κ3) is 4.77. The molecular weight excluding hydrogens is 617 g/mol. The molecule has 0 aliphatic heterocycles. The smallest absolute Gasteiger partial charge is 0.0643 e. The second-order valence-corrected chi connectivity index (χ2v) is 14.5. The first-order valence-corrected chi connectivity index (χ1v) is 18.5. The van der Waals surface area contributed by atoms with Crippen LogP contribution in [0.1, 0.15) is 59.8 Å². The average Bonchev–Trinajstić information content (AvgIpc) is 3.73. The van der Waals surface area contributed by atoms with Gasteiger partial charge in [-0.2, -0.15) is 0 Å². The lowest BCUT2D eigenvalue weighted by Crippen LogP contribution is -2.28. The Morgan fingerprint density at radius 3 is 2.12 bits per heavy atom. The summed E-state index contributed by atoms with van der Waals surface area (Å²) in [7, 11) is 0. The Kier molecular flexibility index (Phi) is 6.99. The fourth-order valence-electron chi connectivity index (χ4n) is 9.06. The van der Waals surface area contributed by atoms with Crippen LogP contribution in [-0.2, 0) is 18.4 Å². The van der Waals surface area contributed by atoms with Gasteiger partial charge in [0.2, 0.25) is 0 Å². The molecule has 10 rings (SSSR count). The Bertz CT molecular complexity index is 2590. The quantitative estimate of drug-likeness (QED) is 0.174. The van der Waals surface area contributed by atoms with E-state index in [-0.39, 0.29) is 5.54 Å². The van der Waals surface area contributed by atoms with E-state index in [1.807, 2.05) is 0 Å². The molecule has 2 heterocycles. The lowest BCUT2D eigenvalue weighted by Gasteiger charge is -2.32. The molecule has 1 atom stereocenters. The van der Waals surface area contributed by atoms with Gasteiger partial charge in [-0.05, 0) is 108 Å². The number of fused-ring (bicyclic) bond motifs is 6.